The largest absolute Gasteiger partial charge is 0.368 e. The van der Waals surface area contributed by atoms with E-state index in [4.69, 9.17) is 5.73 Å². The number of nitrogens with zero attached hydrogens (tertiary/aromatic N) is 3. The fourth-order valence-corrected chi connectivity index (χ4v) is 4.19. The highest BCUT2D eigenvalue weighted by molar-refractivity contribution is 8.00. The first-order valence-corrected chi connectivity index (χ1v) is 10.5. The lowest BCUT2D eigenvalue weighted by Gasteiger charge is -2.15. The van der Waals surface area contributed by atoms with E-state index in [1.165, 1.54) is 17.3 Å². The average molecular weight is 415 g/mol. The molecule has 1 atom stereocenters. The summed E-state index contributed by atoms with van der Waals surface area (Å²) in [5.41, 5.74) is 10.8. The van der Waals surface area contributed by atoms with Gasteiger partial charge in [-0.25, -0.2) is 0 Å². The minimum atomic E-state index is -0.564. The van der Waals surface area contributed by atoms with Gasteiger partial charge in [-0.2, -0.15) is 0 Å². The van der Waals surface area contributed by atoms with Gasteiger partial charge in [-0.1, -0.05) is 89.6 Å². The van der Waals surface area contributed by atoms with Crippen molar-refractivity contribution in [2.75, 3.05) is 0 Å². The van der Waals surface area contributed by atoms with Crippen LogP contribution in [0, 0.1) is 13.8 Å². The van der Waals surface area contributed by atoms with Crippen molar-refractivity contribution < 1.29 is 4.79 Å². The molecule has 150 valence electrons. The number of thioether (sulfide) groups is 1. The van der Waals surface area contributed by atoms with Crippen molar-refractivity contribution in [1.29, 1.82) is 0 Å². The van der Waals surface area contributed by atoms with Crippen LogP contribution in [-0.4, -0.2) is 20.7 Å². The van der Waals surface area contributed by atoms with E-state index in [1.807, 2.05) is 97.3 Å². The summed E-state index contributed by atoms with van der Waals surface area (Å²) in [6.45, 7) is 4.10. The van der Waals surface area contributed by atoms with E-state index in [-0.39, 0.29) is 0 Å². The van der Waals surface area contributed by atoms with Crippen molar-refractivity contribution in [3.63, 3.8) is 0 Å². The van der Waals surface area contributed by atoms with Gasteiger partial charge in [0.2, 0.25) is 5.91 Å². The molecule has 0 bridgehead atoms. The van der Waals surface area contributed by atoms with Gasteiger partial charge in [0.05, 0.1) is 0 Å². The van der Waals surface area contributed by atoms with E-state index in [9.17, 15) is 4.79 Å². The summed E-state index contributed by atoms with van der Waals surface area (Å²) in [6, 6.07) is 25.8. The Hall–Kier alpha value is -3.38. The molecule has 0 fully saturated rings. The molecule has 5 nitrogen and oxygen atoms in total. The Balaban J connectivity index is 1.82. The number of nitrogens with two attached hydrogens (primary N) is 1. The summed E-state index contributed by atoms with van der Waals surface area (Å²) in [4.78, 5) is 12.3. The Kier molecular flexibility index (Phi) is 5.68. The Morgan fingerprint density at radius 3 is 2.07 bits per heavy atom. The van der Waals surface area contributed by atoms with Crippen molar-refractivity contribution in [3.05, 3.63) is 95.6 Å². The molecular weight excluding hydrogens is 392 g/mol. The quantitative estimate of drug-likeness (QED) is 0.457. The van der Waals surface area contributed by atoms with Gasteiger partial charge in [0.25, 0.3) is 0 Å². The second-order valence-corrected chi connectivity index (χ2v) is 8.23. The lowest BCUT2D eigenvalue weighted by molar-refractivity contribution is -0.117. The lowest BCUT2D eigenvalue weighted by Crippen LogP contribution is -2.19. The van der Waals surface area contributed by atoms with Crippen LogP contribution in [0.4, 0.5) is 0 Å². The van der Waals surface area contributed by atoms with Crippen LogP contribution in [0.3, 0.4) is 0 Å². The molecule has 3 aromatic carbocycles. The maximum Gasteiger partial charge on any atom is 0.235 e. The molecule has 0 aliphatic carbocycles. The van der Waals surface area contributed by atoms with Crippen LogP contribution >= 0.6 is 11.8 Å². The van der Waals surface area contributed by atoms with Gasteiger partial charge in [-0.05, 0) is 31.5 Å². The first-order chi connectivity index (χ1) is 14.5. The summed E-state index contributed by atoms with van der Waals surface area (Å²) in [5.74, 6) is 0.305. The van der Waals surface area contributed by atoms with Crippen LogP contribution in [0.2, 0.25) is 0 Å². The molecule has 1 unspecified atom stereocenters. The fourth-order valence-electron chi connectivity index (χ4n) is 3.19. The summed E-state index contributed by atoms with van der Waals surface area (Å²) in [7, 11) is 0. The zero-order valence-electron chi connectivity index (χ0n) is 16.8. The maximum atomic E-state index is 12.3. The number of carbonyl (C=O) groups is 1. The second-order valence-electron chi connectivity index (χ2n) is 7.15. The molecule has 0 aliphatic heterocycles. The topological polar surface area (TPSA) is 73.8 Å². The minimum Gasteiger partial charge on any atom is -0.368 e. The first-order valence-electron chi connectivity index (χ1n) is 9.63. The van der Waals surface area contributed by atoms with E-state index in [0.29, 0.717) is 5.16 Å². The zero-order valence-corrected chi connectivity index (χ0v) is 17.6. The van der Waals surface area contributed by atoms with Crippen LogP contribution < -0.4 is 5.73 Å². The van der Waals surface area contributed by atoms with Crippen molar-refractivity contribution in [2.45, 2.75) is 24.3 Å². The van der Waals surface area contributed by atoms with Gasteiger partial charge >= 0.3 is 0 Å². The van der Waals surface area contributed by atoms with Gasteiger partial charge in [-0.3, -0.25) is 9.36 Å². The van der Waals surface area contributed by atoms with Gasteiger partial charge in [-0.15, -0.1) is 10.2 Å². The van der Waals surface area contributed by atoms with Crippen molar-refractivity contribution in [2.24, 2.45) is 5.73 Å². The average Bonchev–Trinajstić information content (AvgIpc) is 3.17. The smallest absolute Gasteiger partial charge is 0.235 e. The number of hydrogen-bond acceptors (Lipinski definition) is 4. The van der Waals surface area contributed by atoms with Crippen molar-refractivity contribution >= 4 is 17.7 Å². The number of rotatable bonds is 6. The Bertz CT molecular complexity index is 1150. The van der Waals surface area contributed by atoms with E-state index in [0.717, 1.165) is 28.2 Å². The number of benzene rings is 3. The predicted molar refractivity (Wildman–Crippen MR) is 121 cm³/mol. The third-order valence-electron chi connectivity index (χ3n) is 4.82. The molecule has 0 radical (unpaired) electrons. The molecule has 0 spiro atoms. The predicted octanol–water partition coefficient (Wildman–Crippen LogP) is 4.87. The highest BCUT2D eigenvalue weighted by Gasteiger charge is 2.24. The lowest BCUT2D eigenvalue weighted by atomic mass is 10.1. The van der Waals surface area contributed by atoms with E-state index in [1.54, 1.807) is 0 Å². The Morgan fingerprint density at radius 1 is 0.867 bits per heavy atom. The molecule has 1 amide bonds. The molecule has 0 saturated carbocycles. The summed E-state index contributed by atoms with van der Waals surface area (Å²) < 4.78 is 1.98. The van der Waals surface area contributed by atoms with Gasteiger partial charge < -0.3 is 5.73 Å². The van der Waals surface area contributed by atoms with Crippen LogP contribution in [0.1, 0.15) is 21.9 Å². The maximum absolute atomic E-state index is 12.3. The molecule has 6 heteroatoms. The summed E-state index contributed by atoms with van der Waals surface area (Å²) in [6.07, 6.45) is 0. The number of aromatic nitrogens is 3. The number of amides is 1. The Morgan fingerprint density at radius 2 is 1.47 bits per heavy atom. The number of hydrogen-bond donors (Lipinski definition) is 1. The number of carbonyl (C=O) groups excluding carboxylic acids is 1. The van der Waals surface area contributed by atoms with Crippen LogP contribution in [0.5, 0.6) is 0 Å². The molecule has 4 aromatic rings. The van der Waals surface area contributed by atoms with Gasteiger partial charge in [0.15, 0.2) is 11.0 Å². The number of aryl methyl sites for hydroxylation is 2. The van der Waals surface area contributed by atoms with Crippen LogP contribution in [0.15, 0.2) is 84.0 Å². The first kappa shape index (κ1) is 19.9. The normalized spacial score (nSPS) is 11.9. The molecule has 30 heavy (non-hydrogen) atoms. The second kappa shape index (κ2) is 8.55. The van der Waals surface area contributed by atoms with Crippen LogP contribution in [0.25, 0.3) is 17.1 Å². The standard InChI is InChI=1S/C24H22N4OS/c1-16-8-12-19(13-9-16)23-26-27-24(28(23)20-14-10-17(2)11-15-20)30-21(22(25)29)18-6-4-3-5-7-18/h3-15,21H,1-2H3,(H2,25,29). The van der Waals surface area contributed by atoms with Gasteiger partial charge in [0, 0.05) is 11.3 Å². The number of primary amides is 1. The van der Waals surface area contributed by atoms with Crippen molar-refractivity contribution in [1.82, 2.24) is 14.8 Å². The van der Waals surface area contributed by atoms with E-state index >= 15 is 0 Å². The van der Waals surface area contributed by atoms with Crippen molar-refractivity contribution in [3.8, 4) is 17.1 Å². The third-order valence-corrected chi connectivity index (χ3v) is 6.03. The summed E-state index contributed by atoms with van der Waals surface area (Å²) >= 11 is 1.31. The molecule has 0 aliphatic rings. The SMILES string of the molecule is Cc1ccc(-c2nnc(SC(C(N)=O)c3ccccc3)n2-c2ccc(C)cc2)cc1. The monoisotopic (exact) mass is 414 g/mol. The third kappa shape index (κ3) is 4.14. The van der Waals surface area contributed by atoms with E-state index < -0.39 is 11.2 Å². The molecule has 4 rings (SSSR count). The van der Waals surface area contributed by atoms with Gasteiger partial charge in [0.1, 0.15) is 5.25 Å². The molecular formula is C24H22N4OS. The fraction of sp³-hybridized carbons (Fsp3) is 0.125. The Labute approximate surface area is 180 Å². The summed E-state index contributed by atoms with van der Waals surface area (Å²) in [5, 5.41) is 8.94. The zero-order chi connectivity index (χ0) is 21.1. The van der Waals surface area contributed by atoms with Crippen LogP contribution in [-0.2, 0) is 4.79 Å². The molecule has 0 saturated heterocycles. The molecule has 2 N–H and O–H groups in total. The minimum absolute atomic E-state index is 0.415. The van der Waals surface area contributed by atoms with E-state index in [2.05, 4.69) is 10.2 Å². The highest BCUT2D eigenvalue weighted by Crippen LogP contribution is 2.37. The highest BCUT2D eigenvalue weighted by atomic mass is 32.2. The molecule has 1 heterocycles. The molecule has 1 aromatic heterocycles.